The van der Waals surface area contributed by atoms with Crippen LogP contribution in [0.15, 0.2) is 65.4 Å². The fourth-order valence-electron chi connectivity index (χ4n) is 2.52. The molecular formula is C19H17N3O4. The summed E-state index contributed by atoms with van der Waals surface area (Å²) in [6.45, 7) is 1.74. The van der Waals surface area contributed by atoms with Crippen LogP contribution < -0.4 is 15.1 Å². The maximum atomic E-state index is 12.7. The molecular weight excluding hydrogens is 334 g/mol. The number of hydrogen-bond donors (Lipinski definition) is 2. The van der Waals surface area contributed by atoms with Crippen LogP contribution >= 0.6 is 0 Å². The number of nitrogens with one attached hydrogen (secondary N) is 1. The van der Waals surface area contributed by atoms with E-state index in [2.05, 4.69) is 10.4 Å². The van der Waals surface area contributed by atoms with Crippen molar-refractivity contribution in [2.75, 3.05) is 17.4 Å². The molecule has 0 spiro atoms. The van der Waals surface area contributed by atoms with E-state index in [1.54, 1.807) is 32.4 Å². The monoisotopic (exact) mass is 351 g/mol. The number of hydrogen-bond acceptors (Lipinski definition) is 5. The van der Waals surface area contributed by atoms with Crippen LogP contribution in [0.3, 0.4) is 0 Å². The first kappa shape index (κ1) is 17.2. The standard InChI is InChI=1S/C19H17N3O4/c1-12-15(11-20-16-5-3-4-6-17(16)26-2)18(23)22(21-12)14-9-7-13(8-10-14)19(24)25/h3-11,20H,1-2H3,(H,24,25)/b15-11+. The molecule has 3 rings (SSSR count). The predicted octanol–water partition coefficient (Wildman–Crippen LogP) is 3.11. The molecule has 2 N–H and O–H groups in total. The molecule has 26 heavy (non-hydrogen) atoms. The van der Waals surface area contributed by atoms with Crippen LogP contribution in [0, 0.1) is 0 Å². The largest absolute Gasteiger partial charge is 0.495 e. The number of hydrazone groups is 1. The van der Waals surface area contributed by atoms with E-state index < -0.39 is 5.97 Å². The molecule has 7 heteroatoms. The number of carbonyl (C=O) groups is 2. The molecule has 0 aromatic heterocycles. The van der Waals surface area contributed by atoms with Crippen molar-refractivity contribution >= 4 is 29.0 Å². The summed E-state index contributed by atoms with van der Waals surface area (Å²) in [7, 11) is 1.57. The lowest BCUT2D eigenvalue weighted by atomic mass is 10.1. The van der Waals surface area contributed by atoms with Crippen LogP contribution in [0.5, 0.6) is 5.75 Å². The number of nitrogens with zero attached hydrogens (tertiary/aromatic N) is 2. The summed E-state index contributed by atoms with van der Waals surface area (Å²) in [4.78, 5) is 23.6. The van der Waals surface area contributed by atoms with Gasteiger partial charge in [0.05, 0.1) is 35.3 Å². The van der Waals surface area contributed by atoms with Gasteiger partial charge in [0.15, 0.2) is 0 Å². The summed E-state index contributed by atoms with van der Waals surface area (Å²) in [6.07, 6.45) is 1.59. The van der Waals surface area contributed by atoms with E-state index in [0.717, 1.165) is 5.69 Å². The predicted molar refractivity (Wildman–Crippen MR) is 98.7 cm³/mol. The zero-order valence-electron chi connectivity index (χ0n) is 14.3. The number of ether oxygens (including phenoxy) is 1. The third-order valence-electron chi connectivity index (χ3n) is 3.90. The summed E-state index contributed by atoms with van der Waals surface area (Å²) in [5.41, 5.74) is 2.35. The van der Waals surface area contributed by atoms with Crippen molar-refractivity contribution in [2.45, 2.75) is 6.92 Å². The van der Waals surface area contributed by atoms with Crippen LogP contribution in [0.4, 0.5) is 11.4 Å². The molecule has 0 saturated heterocycles. The van der Waals surface area contributed by atoms with E-state index in [-0.39, 0.29) is 11.5 Å². The lowest BCUT2D eigenvalue weighted by Gasteiger charge is -2.12. The molecule has 1 aliphatic rings. The molecule has 2 aromatic rings. The van der Waals surface area contributed by atoms with Gasteiger partial charge in [-0.15, -0.1) is 0 Å². The first-order chi connectivity index (χ1) is 12.5. The van der Waals surface area contributed by atoms with Crippen molar-refractivity contribution in [3.05, 3.63) is 65.9 Å². The van der Waals surface area contributed by atoms with Gasteiger partial charge in [0, 0.05) is 6.20 Å². The normalized spacial score (nSPS) is 15.2. The first-order valence-electron chi connectivity index (χ1n) is 7.84. The van der Waals surface area contributed by atoms with E-state index in [0.29, 0.717) is 22.7 Å². The van der Waals surface area contributed by atoms with Gasteiger partial charge in [0.1, 0.15) is 5.75 Å². The van der Waals surface area contributed by atoms with Crippen molar-refractivity contribution in [3.8, 4) is 5.75 Å². The van der Waals surface area contributed by atoms with Gasteiger partial charge >= 0.3 is 5.97 Å². The van der Waals surface area contributed by atoms with Gasteiger partial charge in [0.2, 0.25) is 0 Å². The number of para-hydroxylation sites is 2. The van der Waals surface area contributed by atoms with Crippen LogP contribution in [0.1, 0.15) is 17.3 Å². The van der Waals surface area contributed by atoms with Gasteiger partial charge in [-0.05, 0) is 43.3 Å². The molecule has 1 amide bonds. The molecule has 2 aromatic carbocycles. The Morgan fingerprint density at radius 2 is 1.88 bits per heavy atom. The minimum Gasteiger partial charge on any atom is -0.495 e. The van der Waals surface area contributed by atoms with Crippen molar-refractivity contribution < 1.29 is 19.4 Å². The summed E-state index contributed by atoms with van der Waals surface area (Å²) >= 11 is 0. The third-order valence-corrected chi connectivity index (χ3v) is 3.90. The first-order valence-corrected chi connectivity index (χ1v) is 7.84. The van der Waals surface area contributed by atoms with Crippen LogP contribution in [0.2, 0.25) is 0 Å². The number of aromatic carboxylic acids is 1. The molecule has 1 heterocycles. The van der Waals surface area contributed by atoms with E-state index in [1.165, 1.54) is 17.1 Å². The molecule has 0 aliphatic carbocycles. The van der Waals surface area contributed by atoms with Gasteiger partial charge in [0.25, 0.3) is 5.91 Å². The van der Waals surface area contributed by atoms with E-state index in [1.807, 2.05) is 24.3 Å². The quantitative estimate of drug-likeness (QED) is 0.808. The SMILES string of the molecule is COc1ccccc1N/C=C1/C(=O)N(c2ccc(C(=O)O)cc2)N=C1C. The molecule has 0 unspecified atom stereocenters. The number of methoxy groups -OCH3 is 1. The highest BCUT2D eigenvalue weighted by Crippen LogP contribution is 2.26. The minimum atomic E-state index is -1.02. The topological polar surface area (TPSA) is 91.2 Å². The van der Waals surface area contributed by atoms with Gasteiger partial charge in [-0.2, -0.15) is 10.1 Å². The molecule has 132 valence electrons. The summed E-state index contributed by atoms with van der Waals surface area (Å²) in [5, 5.41) is 17.5. The fraction of sp³-hybridized carbons (Fsp3) is 0.105. The second-order valence-corrected chi connectivity index (χ2v) is 5.56. The average molecular weight is 351 g/mol. The molecule has 0 bridgehead atoms. The Kier molecular flexibility index (Phi) is 4.70. The maximum absolute atomic E-state index is 12.7. The second kappa shape index (κ2) is 7.10. The summed E-state index contributed by atoms with van der Waals surface area (Å²) < 4.78 is 5.27. The van der Waals surface area contributed by atoms with E-state index in [4.69, 9.17) is 9.84 Å². The van der Waals surface area contributed by atoms with E-state index in [9.17, 15) is 9.59 Å². The lowest BCUT2D eigenvalue weighted by Crippen LogP contribution is -2.21. The Labute approximate surface area is 150 Å². The van der Waals surface area contributed by atoms with Gasteiger partial charge in [-0.3, -0.25) is 4.79 Å². The lowest BCUT2D eigenvalue weighted by molar-refractivity contribution is -0.114. The third kappa shape index (κ3) is 3.27. The van der Waals surface area contributed by atoms with Crippen LogP contribution in [-0.4, -0.2) is 29.8 Å². The van der Waals surface area contributed by atoms with Gasteiger partial charge < -0.3 is 15.2 Å². The Morgan fingerprint density at radius 1 is 1.19 bits per heavy atom. The second-order valence-electron chi connectivity index (χ2n) is 5.56. The van der Waals surface area contributed by atoms with Crippen LogP contribution in [-0.2, 0) is 4.79 Å². The van der Waals surface area contributed by atoms with Crippen molar-refractivity contribution in [2.24, 2.45) is 5.10 Å². The Morgan fingerprint density at radius 3 is 2.54 bits per heavy atom. The van der Waals surface area contributed by atoms with E-state index >= 15 is 0 Å². The van der Waals surface area contributed by atoms with Gasteiger partial charge in [-0.25, -0.2) is 4.79 Å². The number of rotatable bonds is 5. The number of carbonyl (C=O) groups excluding carboxylic acids is 1. The highest BCUT2D eigenvalue weighted by atomic mass is 16.5. The molecule has 1 aliphatic heterocycles. The Hall–Kier alpha value is -3.61. The number of benzene rings is 2. The number of amides is 1. The number of carboxylic acid groups (broad SMARTS) is 1. The Balaban J connectivity index is 1.82. The highest BCUT2D eigenvalue weighted by molar-refractivity contribution is 6.29. The maximum Gasteiger partial charge on any atom is 0.335 e. The highest BCUT2D eigenvalue weighted by Gasteiger charge is 2.28. The van der Waals surface area contributed by atoms with Crippen molar-refractivity contribution in [3.63, 3.8) is 0 Å². The smallest absolute Gasteiger partial charge is 0.335 e. The Bertz CT molecular complexity index is 917. The molecule has 7 nitrogen and oxygen atoms in total. The number of anilines is 2. The molecule has 0 radical (unpaired) electrons. The summed E-state index contributed by atoms with van der Waals surface area (Å²) in [6, 6.07) is 13.3. The summed E-state index contributed by atoms with van der Waals surface area (Å²) in [5.74, 6) is -0.663. The molecule has 0 fully saturated rings. The fourth-order valence-corrected chi connectivity index (χ4v) is 2.52. The number of carboxylic acids is 1. The van der Waals surface area contributed by atoms with Crippen molar-refractivity contribution in [1.82, 2.24) is 0 Å². The minimum absolute atomic E-state index is 0.148. The zero-order chi connectivity index (χ0) is 18.7. The van der Waals surface area contributed by atoms with Crippen molar-refractivity contribution in [1.29, 1.82) is 0 Å². The van der Waals surface area contributed by atoms with Crippen LogP contribution in [0.25, 0.3) is 0 Å². The average Bonchev–Trinajstić information content (AvgIpc) is 2.94. The molecule has 0 atom stereocenters. The zero-order valence-corrected chi connectivity index (χ0v) is 14.3. The molecule has 0 saturated carbocycles. The van der Waals surface area contributed by atoms with Gasteiger partial charge in [-0.1, -0.05) is 12.1 Å².